The maximum absolute atomic E-state index is 8.80. The van der Waals surface area contributed by atoms with Crippen molar-refractivity contribution < 1.29 is 9.94 Å². The molecule has 2 rings (SSSR count). The molecule has 1 unspecified atom stereocenters. The molecule has 0 aromatic heterocycles. The van der Waals surface area contributed by atoms with Gasteiger partial charge < -0.3 is 20.6 Å². The number of ether oxygens (including phenoxy) is 1. The third-order valence-corrected chi connectivity index (χ3v) is 4.06. The van der Waals surface area contributed by atoms with Gasteiger partial charge in [0.25, 0.3) is 0 Å². The van der Waals surface area contributed by atoms with Crippen LogP contribution in [0.2, 0.25) is 0 Å². The van der Waals surface area contributed by atoms with Gasteiger partial charge in [-0.3, -0.25) is 4.90 Å². The molecular formula is C15H24N4O2. The molecule has 116 valence electrons. The van der Waals surface area contributed by atoms with Crippen LogP contribution in [0.5, 0.6) is 5.75 Å². The van der Waals surface area contributed by atoms with Gasteiger partial charge in [0.1, 0.15) is 5.75 Å². The molecule has 1 heterocycles. The van der Waals surface area contributed by atoms with E-state index in [-0.39, 0.29) is 5.84 Å². The number of likely N-dealkylation sites (tertiary alicyclic amines) is 1. The molecule has 1 aromatic rings. The maximum Gasteiger partial charge on any atom is 0.170 e. The van der Waals surface area contributed by atoms with E-state index in [1.165, 1.54) is 6.42 Å². The monoisotopic (exact) mass is 292 g/mol. The second-order valence-electron chi connectivity index (χ2n) is 5.65. The molecule has 0 spiro atoms. The van der Waals surface area contributed by atoms with Crippen LogP contribution in [0.25, 0.3) is 0 Å². The van der Waals surface area contributed by atoms with Gasteiger partial charge in [0, 0.05) is 36.8 Å². The molecule has 1 aliphatic rings. The Balaban J connectivity index is 2.15. The van der Waals surface area contributed by atoms with E-state index in [4.69, 9.17) is 15.7 Å². The first-order valence-corrected chi connectivity index (χ1v) is 7.08. The number of likely N-dealkylation sites (N-methyl/N-ethyl adjacent to an activating group) is 1. The number of nitrogens with two attached hydrogens (primary N) is 1. The van der Waals surface area contributed by atoms with Crippen LogP contribution in [-0.4, -0.2) is 61.2 Å². The largest absolute Gasteiger partial charge is 0.496 e. The Kier molecular flexibility index (Phi) is 5.03. The van der Waals surface area contributed by atoms with Crippen LogP contribution in [0, 0.1) is 0 Å². The molecule has 1 atom stereocenters. The average Bonchev–Trinajstić information content (AvgIpc) is 2.95. The van der Waals surface area contributed by atoms with Crippen LogP contribution in [0.4, 0.5) is 0 Å². The van der Waals surface area contributed by atoms with Crippen molar-refractivity contribution in [2.24, 2.45) is 10.9 Å². The minimum atomic E-state index is 0.117. The van der Waals surface area contributed by atoms with Gasteiger partial charge in [0.15, 0.2) is 5.84 Å². The standard InChI is InChI=1S/C15H24N4O2/c1-18(2)13-6-7-19(10-13)9-12-8-11(15(16)17-20)4-5-14(12)21-3/h4-5,8,13,20H,6-7,9-10H2,1-3H3,(H2,16,17). The van der Waals surface area contributed by atoms with Crippen molar-refractivity contribution in [3.8, 4) is 5.75 Å². The highest BCUT2D eigenvalue weighted by atomic mass is 16.5. The second-order valence-corrected chi connectivity index (χ2v) is 5.65. The summed E-state index contributed by atoms with van der Waals surface area (Å²) in [6.45, 7) is 2.92. The smallest absolute Gasteiger partial charge is 0.170 e. The Morgan fingerprint density at radius 3 is 2.86 bits per heavy atom. The van der Waals surface area contributed by atoms with Crippen molar-refractivity contribution in [2.45, 2.75) is 19.0 Å². The summed E-state index contributed by atoms with van der Waals surface area (Å²) in [7, 11) is 5.90. The highest BCUT2D eigenvalue weighted by Crippen LogP contribution is 2.24. The number of nitrogens with zero attached hydrogens (tertiary/aromatic N) is 3. The Morgan fingerprint density at radius 2 is 2.29 bits per heavy atom. The van der Waals surface area contributed by atoms with Crippen molar-refractivity contribution in [1.29, 1.82) is 0 Å². The summed E-state index contributed by atoms with van der Waals surface area (Å²) in [4.78, 5) is 4.67. The number of benzene rings is 1. The van der Waals surface area contributed by atoms with Gasteiger partial charge in [-0.1, -0.05) is 5.16 Å². The van der Waals surface area contributed by atoms with Crippen LogP contribution < -0.4 is 10.5 Å². The van der Waals surface area contributed by atoms with E-state index in [1.807, 2.05) is 12.1 Å². The number of hydrogen-bond donors (Lipinski definition) is 2. The molecule has 0 radical (unpaired) electrons. The number of methoxy groups -OCH3 is 1. The molecule has 1 fully saturated rings. The first kappa shape index (κ1) is 15.6. The van der Waals surface area contributed by atoms with E-state index in [0.717, 1.165) is 30.9 Å². The molecule has 1 aromatic carbocycles. The lowest BCUT2D eigenvalue weighted by Crippen LogP contribution is -2.31. The minimum Gasteiger partial charge on any atom is -0.496 e. The predicted molar refractivity (Wildman–Crippen MR) is 82.9 cm³/mol. The molecule has 6 heteroatoms. The van der Waals surface area contributed by atoms with E-state index in [1.54, 1.807) is 13.2 Å². The minimum absolute atomic E-state index is 0.117. The van der Waals surface area contributed by atoms with Gasteiger partial charge in [-0.05, 0) is 38.7 Å². The topological polar surface area (TPSA) is 74.3 Å². The Bertz CT molecular complexity index is 516. The van der Waals surface area contributed by atoms with Gasteiger partial charge in [-0.2, -0.15) is 0 Å². The predicted octanol–water partition coefficient (Wildman–Crippen LogP) is 0.926. The fourth-order valence-corrected chi connectivity index (χ4v) is 2.74. The zero-order valence-corrected chi connectivity index (χ0v) is 12.9. The molecule has 3 N–H and O–H groups in total. The van der Waals surface area contributed by atoms with Gasteiger partial charge in [0.2, 0.25) is 0 Å². The van der Waals surface area contributed by atoms with E-state index < -0.39 is 0 Å². The fraction of sp³-hybridized carbons (Fsp3) is 0.533. The van der Waals surface area contributed by atoms with Crippen LogP contribution in [0.15, 0.2) is 23.4 Å². The highest BCUT2D eigenvalue weighted by Gasteiger charge is 2.24. The molecule has 1 aliphatic heterocycles. The third kappa shape index (κ3) is 3.65. The molecule has 0 saturated carbocycles. The van der Waals surface area contributed by atoms with Crippen molar-refractivity contribution in [2.75, 3.05) is 34.3 Å². The van der Waals surface area contributed by atoms with Crippen LogP contribution in [0.3, 0.4) is 0 Å². The Labute approximate surface area is 125 Å². The van der Waals surface area contributed by atoms with Crippen LogP contribution in [-0.2, 0) is 6.54 Å². The summed E-state index contributed by atoms with van der Waals surface area (Å²) < 4.78 is 5.42. The summed E-state index contributed by atoms with van der Waals surface area (Å²) in [5.74, 6) is 0.948. The van der Waals surface area contributed by atoms with Crippen molar-refractivity contribution in [3.63, 3.8) is 0 Å². The fourth-order valence-electron chi connectivity index (χ4n) is 2.74. The average molecular weight is 292 g/mol. The number of amidine groups is 1. The van der Waals surface area contributed by atoms with Gasteiger partial charge in [0.05, 0.1) is 7.11 Å². The van der Waals surface area contributed by atoms with Gasteiger partial charge >= 0.3 is 0 Å². The normalized spacial score (nSPS) is 20.2. The van der Waals surface area contributed by atoms with Crippen molar-refractivity contribution >= 4 is 5.84 Å². The zero-order valence-electron chi connectivity index (χ0n) is 12.9. The van der Waals surface area contributed by atoms with E-state index in [0.29, 0.717) is 11.6 Å². The van der Waals surface area contributed by atoms with Gasteiger partial charge in [-0.15, -0.1) is 0 Å². The molecule has 6 nitrogen and oxygen atoms in total. The number of hydrogen-bond acceptors (Lipinski definition) is 5. The van der Waals surface area contributed by atoms with Crippen LogP contribution in [0.1, 0.15) is 17.5 Å². The van der Waals surface area contributed by atoms with E-state index >= 15 is 0 Å². The summed E-state index contributed by atoms with van der Waals surface area (Å²) in [6, 6.07) is 6.19. The Hall–Kier alpha value is -1.79. The summed E-state index contributed by atoms with van der Waals surface area (Å²) in [6.07, 6.45) is 1.18. The Morgan fingerprint density at radius 1 is 1.52 bits per heavy atom. The summed E-state index contributed by atoms with van der Waals surface area (Å²) in [5.41, 5.74) is 7.43. The van der Waals surface area contributed by atoms with Crippen molar-refractivity contribution in [1.82, 2.24) is 9.80 Å². The molecule has 0 aliphatic carbocycles. The lowest BCUT2D eigenvalue weighted by molar-refractivity contribution is 0.262. The summed E-state index contributed by atoms with van der Waals surface area (Å²) in [5, 5.41) is 11.9. The highest BCUT2D eigenvalue weighted by molar-refractivity contribution is 5.97. The number of rotatable bonds is 5. The first-order chi connectivity index (χ1) is 10.0. The summed E-state index contributed by atoms with van der Waals surface area (Å²) >= 11 is 0. The van der Waals surface area contributed by atoms with Crippen LogP contribution >= 0.6 is 0 Å². The quantitative estimate of drug-likeness (QED) is 0.365. The molecule has 0 bridgehead atoms. The van der Waals surface area contributed by atoms with E-state index in [2.05, 4.69) is 29.1 Å². The first-order valence-electron chi connectivity index (χ1n) is 7.08. The molecule has 21 heavy (non-hydrogen) atoms. The lowest BCUT2D eigenvalue weighted by Gasteiger charge is -2.21. The lowest BCUT2D eigenvalue weighted by atomic mass is 10.1. The van der Waals surface area contributed by atoms with Gasteiger partial charge in [-0.25, -0.2) is 0 Å². The zero-order chi connectivity index (χ0) is 15.4. The molecule has 0 amide bonds. The van der Waals surface area contributed by atoms with E-state index in [9.17, 15) is 0 Å². The number of oxime groups is 1. The maximum atomic E-state index is 8.80. The SMILES string of the molecule is COc1ccc(/C(N)=N/O)cc1CN1CCC(N(C)C)C1. The molecular weight excluding hydrogens is 268 g/mol. The van der Waals surface area contributed by atoms with Crippen molar-refractivity contribution in [3.05, 3.63) is 29.3 Å². The second kappa shape index (κ2) is 6.78. The molecule has 1 saturated heterocycles. The third-order valence-electron chi connectivity index (χ3n) is 4.06.